The van der Waals surface area contributed by atoms with Crippen LogP contribution in [-0.4, -0.2) is 16.3 Å². The third kappa shape index (κ3) is 1.51. The Balaban J connectivity index is 2.20. The van der Waals surface area contributed by atoms with Crippen LogP contribution in [0.2, 0.25) is 0 Å². The molecule has 0 saturated heterocycles. The first-order chi connectivity index (χ1) is 6.33. The summed E-state index contributed by atoms with van der Waals surface area (Å²) in [5.74, 6) is 1.08. The van der Waals surface area contributed by atoms with E-state index >= 15 is 0 Å². The van der Waals surface area contributed by atoms with Crippen LogP contribution >= 0.6 is 0 Å². The van der Waals surface area contributed by atoms with Gasteiger partial charge in [-0.05, 0) is 30.9 Å². The Bertz CT molecular complexity index is 279. The fourth-order valence-electron chi connectivity index (χ4n) is 2.50. The Morgan fingerprint density at radius 2 is 2.38 bits per heavy atom. The van der Waals surface area contributed by atoms with Gasteiger partial charge in [0.05, 0.1) is 0 Å². The summed E-state index contributed by atoms with van der Waals surface area (Å²) in [6, 6.07) is 4.26. The second kappa shape index (κ2) is 3.54. The summed E-state index contributed by atoms with van der Waals surface area (Å²) < 4.78 is 2.18. The van der Waals surface area contributed by atoms with E-state index in [0.29, 0.717) is 18.4 Å². The predicted molar refractivity (Wildman–Crippen MR) is 52.6 cm³/mol. The summed E-state index contributed by atoms with van der Waals surface area (Å²) in [5, 5.41) is 9.22. The van der Waals surface area contributed by atoms with Crippen molar-refractivity contribution in [1.29, 1.82) is 0 Å². The second-order valence-corrected chi connectivity index (χ2v) is 4.02. The van der Waals surface area contributed by atoms with Gasteiger partial charge in [0.15, 0.2) is 0 Å². The molecule has 0 unspecified atom stereocenters. The van der Waals surface area contributed by atoms with Crippen LogP contribution in [0.3, 0.4) is 0 Å². The lowest BCUT2D eigenvalue weighted by Crippen LogP contribution is -2.13. The highest BCUT2D eigenvalue weighted by Crippen LogP contribution is 2.38. The molecule has 2 heteroatoms. The van der Waals surface area contributed by atoms with Crippen molar-refractivity contribution in [2.45, 2.75) is 25.2 Å². The number of aliphatic hydroxyl groups is 1. The summed E-state index contributed by atoms with van der Waals surface area (Å²) in [7, 11) is 2.09. The number of nitrogens with zero attached hydrogens (tertiary/aromatic N) is 1. The summed E-state index contributed by atoms with van der Waals surface area (Å²) >= 11 is 0. The van der Waals surface area contributed by atoms with E-state index in [-0.39, 0.29) is 0 Å². The summed E-state index contributed by atoms with van der Waals surface area (Å²) in [4.78, 5) is 0. The molecule has 2 rings (SSSR count). The Morgan fingerprint density at radius 1 is 1.54 bits per heavy atom. The topological polar surface area (TPSA) is 25.2 Å². The first-order valence-corrected chi connectivity index (χ1v) is 5.05. The molecule has 0 bridgehead atoms. The SMILES string of the molecule is Cn1cccc1[C@H]1CCC[C@H]1CO. The molecule has 1 aliphatic carbocycles. The van der Waals surface area contributed by atoms with Gasteiger partial charge in [0.25, 0.3) is 0 Å². The summed E-state index contributed by atoms with van der Waals surface area (Å²) in [6.07, 6.45) is 5.78. The van der Waals surface area contributed by atoms with Gasteiger partial charge in [-0.15, -0.1) is 0 Å². The lowest BCUT2D eigenvalue weighted by Gasteiger charge is -2.18. The van der Waals surface area contributed by atoms with E-state index in [1.165, 1.54) is 25.0 Å². The van der Waals surface area contributed by atoms with Crippen molar-refractivity contribution >= 4 is 0 Å². The maximum absolute atomic E-state index is 9.22. The van der Waals surface area contributed by atoms with Crippen LogP contribution in [0.1, 0.15) is 30.9 Å². The van der Waals surface area contributed by atoms with E-state index in [1.54, 1.807) is 0 Å². The molecule has 2 atom stereocenters. The van der Waals surface area contributed by atoms with E-state index in [1.807, 2.05) is 0 Å². The van der Waals surface area contributed by atoms with Crippen molar-refractivity contribution in [2.75, 3.05) is 6.61 Å². The molecular formula is C11H17NO. The first kappa shape index (κ1) is 8.82. The van der Waals surface area contributed by atoms with E-state index in [9.17, 15) is 5.11 Å². The zero-order chi connectivity index (χ0) is 9.26. The van der Waals surface area contributed by atoms with Crippen molar-refractivity contribution in [3.8, 4) is 0 Å². The molecule has 1 aromatic heterocycles. The van der Waals surface area contributed by atoms with E-state index in [4.69, 9.17) is 0 Å². The molecule has 1 heterocycles. The molecule has 0 radical (unpaired) electrons. The van der Waals surface area contributed by atoms with Crippen molar-refractivity contribution in [2.24, 2.45) is 13.0 Å². The standard InChI is InChI=1S/C11H17NO/c1-12-7-3-6-11(12)10-5-2-4-9(10)8-13/h3,6-7,9-10,13H,2,4-5,8H2,1H3/t9-,10-/m0/s1. The normalized spacial score (nSPS) is 28.2. The van der Waals surface area contributed by atoms with Crippen LogP contribution in [0.15, 0.2) is 18.3 Å². The lowest BCUT2D eigenvalue weighted by molar-refractivity contribution is 0.215. The largest absolute Gasteiger partial charge is 0.396 e. The number of hydrogen-bond acceptors (Lipinski definition) is 1. The van der Waals surface area contributed by atoms with Crippen molar-refractivity contribution < 1.29 is 5.11 Å². The Kier molecular flexibility index (Phi) is 2.40. The maximum Gasteiger partial charge on any atom is 0.0465 e. The number of aryl methyl sites for hydroxylation is 1. The Labute approximate surface area is 79.2 Å². The van der Waals surface area contributed by atoms with Crippen LogP contribution in [0.4, 0.5) is 0 Å². The minimum atomic E-state index is 0.343. The molecule has 0 aromatic carbocycles. The molecule has 0 spiro atoms. The quantitative estimate of drug-likeness (QED) is 0.737. The van der Waals surface area contributed by atoms with Gasteiger partial charge in [0, 0.05) is 31.5 Å². The Hall–Kier alpha value is -0.760. The minimum absolute atomic E-state index is 0.343. The lowest BCUT2D eigenvalue weighted by atomic mass is 9.94. The van der Waals surface area contributed by atoms with Crippen molar-refractivity contribution in [3.63, 3.8) is 0 Å². The van der Waals surface area contributed by atoms with E-state index in [0.717, 1.165) is 0 Å². The minimum Gasteiger partial charge on any atom is -0.396 e. The van der Waals surface area contributed by atoms with Crippen LogP contribution in [0.5, 0.6) is 0 Å². The maximum atomic E-state index is 9.22. The number of hydrogen-bond donors (Lipinski definition) is 1. The zero-order valence-electron chi connectivity index (χ0n) is 8.11. The van der Waals surface area contributed by atoms with Gasteiger partial charge in [-0.25, -0.2) is 0 Å². The van der Waals surface area contributed by atoms with E-state index in [2.05, 4.69) is 29.9 Å². The third-order valence-corrected chi connectivity index (χ3v) is 3.26. The highest BCUT2D eigenvalue weighted by atomic mass is 16.3. The number of aliphatic hydroxyl groups excluding tert-OH is 1. The molecule has 1 aliphatic rings. The number of aromatic nitrogens is 1. The molecule has 1 saturated carbocycles. The molecule has 1 fully saturated rings. The first-order valence-electron chi connectivity index (χ1n) is 5.05. The number of rotatable bonds is 2. The average Bonchev–Trinajstić information content (AvgIpc) is 2.71. The Morgan fingerprint density at radius 3 is 3.00 bits per heavy atom. The molecular weight excluding hydrogens is 162 g/mol. The molecule has 1 N–H and O–H groups in total. The highest BCUT2D eigenvalue weighted by molar-refractivity contribution is 5.15. The molecule has 72 valence electrons. The smallest absolute Gasteiger partial charge is 0.0465 e. The van der Waals surface area contributed by atoms with Crippen LogP contribution < -0.4 is 0 Å². The van der Waals surface area contributed by atoms with Gasteiger partial charge in [0.1, 0.15) is 0 Å². The predicted octanol–water partition coefficient (Wildman–Crippen LogP) is 1.90. The molecule has 0 amide bonds. The fraction of sp³-hybridized carbons (Fsp3) is 0.636. The third-order valence-electron chi connectivity index (χ3n) is 3.26. The highest BCUT2D eigenvalue weighted by Gasteiger charge is 2.29. The molecule has 2 nitrogen and oxygen atoms in total. The van der Waals surface area contributed by atoms with Crippen LogP contribution in [0, 0.1) is 5.92 Å². The second-order valence-electron chi connectivity index (χ2n) is 4.02. The molecule has 13 heavy (non-hydrogen) atoms. The van der Waals surface area contributed by atoms with E-state index < -0.39 is 0 Å². The summed E-state index contributed by atoms with van der Waals surface area (Å²) in [5.41, 5.74) is 1.39. The van der Waals surface area contributed by atoms with Gasteiger partial charge in [-0.1, -0.05) is 6.42 Å². The van der Waals surface area contributed by atoms with Crippen LogP contribution in [-0.2, 0) is 7.05 Å². The average molecular weight is 179 g/mol. The van der Waals surface area contributed by atoms with Crippen molar-refractivity contribution in [3.05, 3.63) is 24.0 Å². The van der Waals surface area contributed by atoms with Crippen molar-refractivity contribution in [1.82, 2.24) is 4.57 Å². The van der Waals surface area contributed by atoms with Gasteiger partial charge in [-0.2, -0.15) is 0 Å². The van der Waals surface area contributed by atoms with Gasteiger partial charge in [0.2, 0.25) is 0 Å². The molecule has 0 aliphatic heterocycles. The van der Waals surface area contributed by atoms with Gasteiger partial charge in [-0.3, -0.25) is 0 Å². The summed E-state index contributed by atoms with van der Waals surface area (Å²) in [6.45, 7) is 0.343. The van der Waals surface area contributed by atoms with Gasteiger partial charge >= 0.3 is 0 Å². The molecule has 1 aromatic rings. The fourth-order valence-corrected chi connectivity index (χ4v) is 2.50. The zero-order valence-corrected chi connectivity index (χ0v) is 8.11. The monoisotopic (exact) mass is 179 g/mol. The van der Waals surface area contributed by atoms with Gasteiger partial charge < -0.3 is 9.67 Å². The van der Waals surface area contributed by atoms with Crippen LogP contribution in [0.25, 0.3) is 0 Å².